The molecule has 28 heavy (non-hydrogen) atoms. The molecule has 2 rings (SSSR count). The van der Waals surface area contributed by atoms with Crippen LogP contribution in [0.3, 0.4) is 0 Å². The van der Waals surface area contributed by atoms with Gasteiger partial charge in [-0.1, -0.05) is 6.07 Å². The quantitative estimate of drug-likeness (QED) is 0.731. The molecule has 0 bridgehead atoms. The highest BCUT2D eigenvalue weighted by Crippen LogP contribution is 2.31. The number of nitrogens with one attached hydrogen (secondary N) is 2. The maximum atomic E-state index is 12.6. The summed E-state index contributed by atoms with van der Waals surface area (Å²) in [5, 5.41) is 0. The maximum Gasteiger partial charge on any atom is 0.416 e. The minimum absolute atomic E-state index is 0.129. The molecule has 0 heterocycles. The van der Waals surface area contributed by atoms with Gasteiger partial charge in [-0.25, -0.2) is 0 Å². The third kappa shape index (κ3) is 5.53. The van der Waals surface area contributed by atoms with Crippen molar-refractivity contribution in [3.05, 3.63) is 53.6 Å². The zero-order chi connectivity index (χ0) is 20.7. The Labute approximate surface area is 158 Å². The molecule has 0 atom stereocenters. The lowest BCUT2D eigenvalue weighted by Crippen LogP contribution is -2.43. The molecule has 0 aliphatic carbocycles. The molecule has 2 aromatic carbocycles. The van der Waals surface area contributed by atoms with Crippen molar-refractivity contribution in [2.45, 2.75) is 6.18 Å². The summed E-state index contributed by atoms with van der Waals surface area (Å²) in [6.45, 7) is -0.590. The molecule has 0 radical (unpaired) electrons. The number of carbonyl (C=O) groups excluding carboxylic acids is 2. The second-order valence-corrected chi connectivity index (χ2v) is 5.39. The number of hydrogen-bond acceptors (Lipinski definition) is 5. The van der Waals surface area contributed by atoms with Crippen molar-refractivity contribution in [1.29, 1.82) is 0 Å². The van der Waals surface area contributed by atoms with Gasteiger partial charge in [-0.15, -0.1) is 0 Å². The Kier molecular flexibility index (Phi) is 6.69. The first-order chi connectivity index (χ1) is 13.2. The smallest absolute Gasteiger partial charge is 0.416 e. The van der Waals surface area contributed by atoms with Crippen molar-refractivity contribution in [3.63, 3.8) is 0 Å². The number of amides is 2. The Morgan fingerprint density at radius 2 is 1.68 bits per heavy atom. The largest absolute Gasteiger partial charge is 0.493 e. The van der Waals surface area contributed by atoms with Gasteiger partial charge < -0.3 is 14.2 Å². The van der Waals surface area contributed by atoms with E-state index in [1.54, 1.807) is 0 Å². The van der Waals surface area contributed by atoms with E-state index in [0.29, 0.717) is 11.5 Å². The minimum atomic E-state index is -4.52. The van der Waals surface area contributed by atoms with Crippen LogP contribution < -0.4 is 25.1 Å². The first-order valence-corrected chi connectivity index (χ1v) is 7.86. The summed E-state index contributed by atoms with van der Waals surface area (Å²) in [7, 11) is 2.86. The molecule has 0 aliphatic heterocycles. The van der Waals surface area contributed by atoms with Crippen LogP contribution in [0.2, 0.25) is 0 Å². The molecule has 0 spiro atoms. The molecule has 0 aliphatic rings. The highest BCUT2D eigenvalue weighted by atomic mass is 19.4. The summed E-state index contributed by atoms with van der Waals surface area (Å²) in [5.41, 5.74) is 3.56. The first-order valence-electron chi connectivity index (χ1n) is 7.86. The van der Waals surface area contributed by atoms with Crippen LogP contribution in [0.5, 0.6) is 17.2 Å². The predicted molar refractivity (Wildman–Crippen MR) is 92.1 cm³/mol. The van der Waals surface area contributed by atoms with Crippen molar-refractivity contribution < 1.29 is 37.0 Å². The topological polar surface area (TPSA) is 85.9 Å². The van der Waals surface area contributed by atoms with Gasteiger partial charge >= 0.3 is 6.18 Å². The molecule has 2 amide bonds. The number of hydrogen-bond donors (Lipinski definition) is 2. The van der Waals surface area contributed by atoms with E-state index < -0.39 is 30.2 Å². The number of alkyl halides is 3. The minimum Gasteiger partial charge on any atom is -0.493 e. The average molecular weight is 398 g/mol. The number of benzene rings is 2. The highest BCUT2D eigenvalue weighted by Gasteiger charge is 2.30. The molecule has 7 nitrogen and oxygen atoms in total. The van der Waals surface area contributed by atoms with Crippen molar-refractivity contribution in [2.24, 2.45) is 0 Å². The van der Waals surface area contributed by atoms with E-state index in [1.165, 1.54) is 38.5 Å². The molecule has 150 valence electrons. The van der Waals surface area contributed by atoms with Crippen molar-refractivity contribution in [1.82, 2.24) is 10.9 Å². The lowest BCUT2D eigenvalue weighted by molar-refractivity contribution is -0.137. The number of ether oxygens (including phenoxy) is 3. The van der Waals surface area contributed by atoms with Crippen LogP contribution in [0.25, 0.3) is 0 Å². The SMILES string of the molecule is COc1ccc(C(=O)NNC(=O)COc2cccc(C(F)(F)F)c2)cc1OC. The van der Waals surface area contributed by atoms with Gasteiger partial charge in [-0.05, 0) is 36.4 Å². The van der Waals surface area contributed by atoms with E-state index in [1.807, 2.05) is 0 Å². The van der Waals surface area contributed by atoms with Gasteiger partial charge in [-0.2, -0.15) is 13.2 Å². The highest BCUT2D eigenvalue weighted by molar-refractivity contribution is 5.96. The second kappa shape index (κ2) is 8.98. The van der Waals surface area contributed by atoms with E-state index in [2.05, 4.69) is 10.9 Å². The number of hydrazine groups is 1. The first kappa shape index (κ1) is 20.9. The average Bonchev–Trinajstić information content (AvgIpc) is 2.69. The molecule has 0 unspecified atom stereocenters. The van der Waals surface area contributed by atoms with Crippen LogP contribution in [0.4, 0.5) is 13.2 Å². The third-order valence-electron chi connectivity index (χ3n) is 3.49. The Bertz CT molecular complexity index is 855. The molecular weight excluding hydrogens is 381 g/mol. The van der Waals surface area contributed by atoms with E-state index >= 15 is 0 Å². The van der Waals surface area contributed by atoms with E-state index in [4.69, 9.17) is 14.2 Å². The Morgan fingerprint density at radius 3 is 2.32 bits per heavy atom. The molecule has 10 heteroatoms. The van der Waals surface area contributed by atoms with Crippen molar-refractivity contribution in [3.8, 4) is 17.2 Å². The van der Waals surface area contributed by atoms with Gasteiger partial charge in [-0.3, -0.25) is 20.4 Å². The van der Waals surface area contributed by atoms with Gasteiger partial charge in [0.15, 0.2) is 18.1 Å². The number of carbonyl (C=O) groups is 2. The van der Waals surface area contributed by atoms with Crippen LogP contribution in [-0.2, 0) is 11.0 Å². The van der Waals surface area contributed by atoms with Crippen molar-refractivity contribution >= 4 is 11.8 Å². The number of rotatable bonds is 6. The summed E-state index contributed by atoms with van der Waals surface area (Å²) >= 11 is 0. The summed E-state index contributed by atoms with van der Waals surface area (Å²) in [5.74, 6) is -0.761. The van der Waals surface area contributed by atoms with E-state index in [0.717, 1.165) is 18.2 Å². The maximum absolute atomic E-state index is 12.6. The van der Waals surface area contributed by atoms with Gasteiger partial charge in [0.05, 0.1) is 19.8 Å². The Morgan fingerprint density at radius 1 is 0.964 bits per heavy atom. The molecule has 2 aromatic rings. The predicted octanol–water partition coefficient (Wildman–Crippen LogP) is 2.56. The third-order valence-corrected chi connectivity index (χ3v) is 3.49. The summed E-state index contributed by atoms with van der Waals surface area (Å²) < 4.78 is 53.1. The summed E-state index contributed by atoms with van der Waals surface area (Å²) in [6, 6.07) is 8.50. The van der Waals surface area contributed by atoms with Crippen LogP contribution in [0.1, 0.15) is 15.9 Å². The number of methoxy groups -OCH3 is 2. The monoisotopic (exact) mass is 398 g/mol. The Balaban J connectivity index is 1.88. The van der Waals surface area contributed by atoms with Crippen LogP contribution >= 0.6 is 0 Å². The van der Waals surface area contributed by atoms with Gasteiger partial charge in [0.2, 0.25) is 0 Å². The van der Waals surface area contributed by atoms with Crippen LogP contribution in [0.15, 0.2) is 42.5 Å². The van der Waals surface area contributed by atoms with Gasteiger partial charge in [0.1, 0.15) is 5.75 Å². The lowest BCUT2D eigenvalue weighted by atomic mass is 10.2. The van der Waals surface area contributed by atoms with Crippen LogP contribution in [0, 0.1) is 0 Å². The zero-order valence-corrected chi connectivity index (χ0v) is 14.9. The molecule has 0 saturated heterocycles. The molecular formula is C18H17F3N2O5. The second-order valence-electron chi connectivity index (χ2n) is 5.39. The fourth-order valence-electron chi connectivity index (χ4n) is 2.12. The molecule has 0 saturated carbocycles. The number of halogens is 3. The fourth-order valence-corrected chi connectivity index (χ4v) is 2.12. The zero-order valence-electron chi connectivity index (χ0n) is 14.9. The normalized spacial score (nSPS) is 10.8. The van der Waals surface area contributed by atoms with Crippen LogP contribution in [-0.4, -0.2) is 32.6 Å². The van der Waals surface area contributed by atoms with Crippen molar-refractivity contribution in [2.75, 3.05) is 20.8 Å². The molecule has 0 fully saturated rings. The lowest BCUT2D eigenvalue weighted by Gasteiger charge is -2.12. The standard InChI is InChI=1S/C18H17F3N2O5/c1-26-14-7-6-11(8-15(14)27-2)17(25)23-22-16(24)10-28-13-5-3-4-12(9-13)18(19,20)21/h3-9H,10H2,1-2H3,(H,22,24)(H,23,25). The van der Waals surface area contributed by atoms with E-state index in [9.17, 15) is 22.8 Å². The fraction of sp³-hybridized carbons (Fsp3) is 0.222. The van der Waals surface area contributed by atoms with E-state index in [-0.39, 0.29) is 11.3 Å². The Hall–Kier alpha value is -3.43. The van der Waals surface area contributed by atoms with Gasteiger partial charge in [0, 0.05) is 5.56 Å². The molecule has 0 aromatic heterocycles. The van der Waals surface area contributed by atoms with Gasteiger partial charge in [0.25, 0.3) is 11.8 Å². The summed E-state index contributed by atoms with van der Waals surface area (Å²) in [4.78, 5) is 23.8. The summed E-state index contributed by atoms with van der Waals surface area (Å²) in [6.07, 6.45) is -4.52. The molecule has 2 N–H and O–H groups in total.